The van der Waals surface area contributed by atoms with E-state index in [1.165, 1.54) is 4.88 Å². The van der Waals surface area contributed by atoms with Crippen molar-refractivity contribution in [2.24, 2.45) is 15.8 Å². The third kappa shape index (κ3) is 9.06. The SMILES string of the molecule is CCNC(=O)C[C@@H]1N=C(c2cccc(OCCOC3CCN(c4ncc(C(=O)NC5C(C)(C)C(Oc6ccc(C#N)c(Cl)c6)C5(C)C)cn4)CC3)c2)c2c(sc(C)c2C)-n2c(C)nnc21. The molecule has 3 aliphatic rings. The van der Waals surface area contributed by atoms with Crippen LogP contribution in [0.1, 0.15) is 109 Å². The molecule has 0 unspecified atom stereocenters. The van der Waals surface area contributed by atoms with Crippen molar-refractivity contribution >= 4 is 46.4 Å². The average Bonchev–Trinajstić information content (AvgIpc) is 3.77. The molecule has 17 heteroatoms. The first-order chi connectivity index (χ1) is 31.1. The smallest absolute Gasteiger partial charge is 0.254 e. The number of aryl methyl sites for hydroxylation is 2. The molecule has 0 spiro atoms. The molecule has 1 saturated carbocycles. The number of benzene rings is 2. The van der Waals surface area contributed by atoms with Gasteiger partial charge in [0.2, 0.25) is 11.9 Å². The number of rotatable bonds is 14. The van der Waals surface area contributed by atoms with Crippen LogP contribution in [0.4, 0.5) is 5.95 Å². The highest BCUT2D eigenvalue weighted by molar-refractivity contribution is 7.15. The van der Waals surface area contributed by atoms with Gasteiger partial charge in [-0.3, -0.25) is 19.1 Å². The molecule has 8 rings (SSSR count). The number of amides is 2. The van der Waals surface area contributed by atoms with Gasteiger partial charge in [0.05, 0.1) is 41.0 Å². The average molecular weight is 920 g/mol. The predicted molar refractivity (Wildman–Crippen MR) is 250 cm³/mol. The number of carbonyl (C=O) groups excluding carboxylic acids is 2. The molecule has 2 N–H and O–H groups in total. The number of hydrogen-bond acceptors (Lipinski definition) is 13. The topological polar surface area (TPSA) is 182 Å². The second-order valence-electron chi connectivity index (χ2n) is 18.1. The monoisotopic (exact) mass is 918 g/mol. The molecule has 65 heavy (non-hydrogen) atoms. The van der Waals surface area contributed by atoms with E-state index in [4.69, 9.17) is 30.8 Å². The maximum absolute atomic E-state index is 13.5. The predicted octanol–water partition coefficient (Wildman–Crippen LogP) is 7.66. The largest absolute Gasteiger partial charge is 0.491 e. The van der Waals surface area contributed by atoms with E-state index in [0.717, 1.165) is 59.2 Å². The fourth-order valence-corrected chi connectivity index (χ4v) is 11.1. The van der Waals surface area contributed by atoms with Crippen molar-refractivity contribution in [2.45, 2.75) is 98.9 Å². The van der Waals surface area contributed by atoms with Gasteiger partial charge in [0.1, 0.15) is 47.1 Å². The number of halogens is 1. The highest BCUT2D eigenvalue weighted by Crippen LogP contribution is 2.55. The summed E-state index contributed by atoms with van der Waals surface area (Å²) in [7, 11) is 0. The van der Waals surface area contributed by atoms with Gasteiger partial charge in [-0.2, -0.15) is 5.26 Å². The summed E-state index contributed by atoms with van der Waals surface area (Å²) in [6.45, 7) is 19.1. The minimum atomic E-state index is -0.517. The van der Waals surface area contributed by atoms with Gasteiger partial charge in [-0.1, -0.05) is 51.4 Å². The van der Waals surface area contributed by atoms with Crippen molar-refractivity contribution in [3.63, 3.8) is 0 Å². The number of aliphatic imine (C=N–C) groups is 1. The Morgan fingerprint density at radius 2 is 1.72 bits per heavy atom. The number of anilines is 1. The van der Waals surface area contributed by atoms with Crippen LogP contribution in [0.15, 0.2) is 59.9 Å². The Kier molecular flexibility index (Phi) is 13.0. The lowest BCUT2D eigenvalue weighted by Crippen LogP contribution is -2.74. The van der Waals surface area contributed by atoms with E-state index in [9.17, 15) is 14.9 Å². The summed E-state index contributed by atoms with van der Waals surface area (Å²) in [5, 5.41) is 25.6. The number of thiophene rings is 1. The third-order valence-electron chi connectivity index (χ3n) is 12.9. The van der Waals surface area contributed by atoms with Crippen LogP contribution >= 0.6 is 22.9 Å². The highest BCUT2D eigenvalue weighted by atomic mass is 35.5. The number of hydrogen-bond donors (Lipinski definition) is 2. The fourth-order valence-electron chi connectivity index (χ4n) is 9.71. The Bertz CT molecular complexity index is 2650. The molecule has 2 fully saturated rings. The molecule has 3 aromatic heterocycles. The third-order valence-corrected chi connectivity index (χ3v) is 14.4. The zero-order valence-corrected chi connectivity index (χ0v) is 39.6. The number of aromatic nitrogens is 5. The summed E-state index contributed by atoms with van der Waals surface area (Å²) >= 11 is 7.94. The zero-order chi connectivity index (χ0) is 46.2. The molecule has 1 saturated heterocycles. The van der Waals surface area contributed by atoms with Crippen LogP contribution in [-0.4, -0.2) is 93.4 Å². The lowest BCUT2D eigenvalue weighted by Gasteiger charge is -2.63. The summed E-state index contributed by atoms with van der Waals surface area (Å²) in [6.07, 6.45) is 4.78. The number of piperidine rings is 1. The van der Waals surface area contributed by atoms with E-state index in [1.54, 1.807) is 41.9 Å². The molecule has 1 aliphatic carbocycles. The van der Waals surface area contributed by atoms with E-state index >= 15 is 0 Å². The Balaban J connectivity index is 0.829. The Hall–Kier alpha value is -5.89. The molecule has 2 aromatic carbocycles. The van der Waals surface area contributed by atoms with Crippen LogP contribution in [0, 0.1) is 42.9 Å². The minimum absolute atomic E-state index is 0.0666. The number of nitrogens with zero attached hydrogens (tertiary/aromatic N) is 8. The van der Waals surface area contributed by atoms with Crippen molar-refractivity contribution in [2.75, 3.05) is 37.7 Å². The number of fused-ring (bicyclic) bond motifs is 3. The molecular weight excluding hydrogens is 864 g/mol. The summed E-state index contributed by atoms with van der Waals surface area (Å²) in [5.74, 6) is 2.93. The first-order valence-electron chi connectivity index (χ1n) is 22.1. The van der Waals surface area contributed by atoms with Crippen LogP contribution in [-0.2, 0) is 9.53 Å². The Morgan fingerprint density at radius 3 is 2.42 bits per heavy atom. The van der Waals surface area contributed by atoms with Gasteiger partial charge in [-0.25, -0.2) is 9.97 Å². The first kappa shape index (κ1) is 45.7. The van der Waals surface area contributed by atoms with Gasteiger partial charge >= 0.3 is 0 Å². The second-order valence-corrected chi connectivity index (χ2v) is 19.7. The number of nitrogens with one attached hydrogen (secondary N) is 2. The summed E-state index contributed by atoms with van der Waals surface area (Å²) in [5.41, 5.74) is 3.82. The van der Waals surface area contributed by atoms with Gasteiger partial charge in [0, 0.05) is 71.0 Å². The van der Waals surface area contributed by atoms with Gasteiger partial charge in [-0.05, 0) is 70.4 Å². The standard InChI is InChI=1S/C48H55ClN10O5S/c1-9-51-38(60)23-37-41-57-56-29(4)59(41)43-39(27(2)28(3)65-43)40(54-37)30-11-10-12-34(21-30)63-20-19-62-33-15-17-58(18-16-33)46-52-25-32(26-53-46)42(61)55-44-47(5,6)45(48(44,7)8)64-35-14-13-31(24-50)36(49)22-35/h10-14,21-22,25-26,33,37,44-45H,9,15-20,23H2,1-8H3,(H,51,60)(H,55,61)/t37-,44?,45?/m0/s1. The maximum Gasteiger partial charge on any atom is 0.254 e. The molecule has 0 bridgehead atoms. The molecule has 2 amide bonds. The number of nitriles is 1. The van der Waals surface area contributed by atoms with Crippen molar-refractivity contribution in [1.29, 1.82) is 5.26 Å². The molecule has 0 radical (unpaired) electrons. The first-order valence-corrected chi connectivity index (χ1v) is 23.3. The summed E-state index contributed by atoms with van der Waals surface area (Å²) < 4.78 is 20.9. The van der Waals surface area contributed by atoms with Gasteiger partial charge in [-0.15, -0.1) is 21.5 Å². The molecule has 1 atom stereocenters. The molecule has 340 valence electrons. The van der Waals surface area contributed by atoms with E-state index in [2.05, 4.69) is 87.9 Å². The highest BCUT2D eigenvalue weighted by Gasteiger charge is 2.64. The zero-order valence-electron chi connectivity index (χ0n) is 38.1. The fraction of sp³-hybridized carbons (Fsp3) is 0.458. The molecule has 5 aromatic rings. The molecule has 15 nitrogen and oxygen atoms in total. The molecule has 5 heterocycles. The lowest BCUT2D eigenvalue weighted by atomic mass is 9.49. The van der Waals surface area contributed by atoms with Crippen LogP contribution in [0.3, 0.4) is 0 Å². The van der Waals surface area contributed by atoms with Crippen LogP contribution < -0.4 is 25.0 Å². The number of ether oxygens (including phenoxy) is 3. The summed E-state index contributed by atoms with van der Waals surface area (Å²) in [6, 6.07) is 14.3. The van der Waals surface area contributed by atoms with Crippen molar-refractivity contribution in [3.8, 4) is 22.6 Å². The molecular formula is C48H55ClN10O5S. The van der Waals surface area contributed by atoms with E-state index in [0.29, 0.717) is 59.2 Å². The minimum Gasteiger partial charge on any atom is -0.491 e. The van der Waals surface area contributed by atoms with E-state index in [-0.39, 0.29) is 36.5 Å². The van der Waals surface area contributed by atoms with Gasteiger partial charge in [0.25, 0.3) is 5.91 Å². The van der Waals surface area contributed by atoms with Gasteiger partial charge in [0.15, 0.2) is 5.82 Å². The van der Waals surface area contributed by atoms with Crippen LogP contribution in [0.25, 0.3) is 5.00 Å². The van der Waals surface area contributed by atoms with Crippen molar-refractivity contribution in [3.05, 3.63) is 104 Å². The molecule has 2 aliphatic heterocycles. The normalized spacial score (nSPS) is 19.7. The number of carbonyl (C=O) groups is 2. The van der Waals surface area contributed by atoms with E-state index in [1.807, 2.05) is 38.1 Å². The summed E-state index contributed by atoms with van der Waals surface area (Å²) in [4.78, 5) is 44.0. The van der Waals surface area contributed by atoms with Crippen LogP contribution in [0.5, 0.6) is 11.5 Å². The lowest BCUT2D eigenvalue weighted by molar-refractivity contribution is -0.164. The van der Waals surface area contributed by atoms with E-state index < -0.39 is 16.9 Å². The Morgan fingerprint density at radius 1 is 0.985 bits per heavy atom. The van der Waals surface area contributed by atoms with Gasteiger partial charge < -0.3 is 29.7 Å². The quantitative estimate of drug-likeness (QED) is 0.104. The second kappa shape index (κ2) is 18.5. The van der Waals surface area contributed by atoms with Crippen molar-refractivity contribution < 1.29 is 23.8 Å². The Labute approximate surface area is 388 Å². The maximum atomic E-state index is 13.5. The van der Waals surface area contributed by atoms with Crippen molar-refractivity contribution in [1.82, 2.24) is 35.4 Å². The van der Waals surface area contributed by atoms with Crippen LogP contribution in [0.2, 0.25) is 5.02 Å².